The van der Waals surface area contributed by atoms with Gasteiger partial charge in [0.2, 0.25) is 0 Å². The minimum absolute atomic E-state index is 0.331. The molecule has 1 atom stereocenters. The van der Waals surface area contributed by atoms with E-state index in [1.807, 2.05) is 0 Å². The van der Waals surface area contributed by atoms with E-state index >= 15 is 0 Å². The number of rotatable bonds is 3. The van der Waals surface area contributed by atoms with Gasteiger partial charge in [-0.1, -0.05) is 47.8 Å². The summed E-state index contributed by atoms with van der Waals surface area (Å²) in [4.78, 5) is 0. The Morgan fingerprint density at radius 2 is 2.10 bits per heavy atom. The van der Waals surface area contributed by atoms with E-state index in [9.17, 15) is 0 Å². The van der Waals surface area contributed by atoms with Crippen LogP contribution in [-0.4, -0.2) is 14.1 Å². The average Bonchev–Trinajstić information content (AvgIpc) is 2.43. The molecule has 0 saturated heterocycles. The molecule has 10 heavy (non-hydrogen) atoms. The molecule has 0 saturated carbocycles. The van der Waals surface area contributed by atoms with Crippen LogP contribution in [-0.2, 0) is 0 Å². The first kappa shape index (κ1) is 8.37. The third kappa shape index (κ3) is 1.88. The van der Waals surface area contributed by atoms with Gasteiger partial charge in [0, 0.05) is 0 Å². The highest BCUT2D eigenvalue weighted by Gasteiger charge is 2.23. The molecule has 1 unspecified atom stereocenters. The first-order valence-electron chi connectivity index (χ1n) is 4.55. The summed E-state index contributed by atoms with van der Waals surface area (Å²) in [6.45, 7) is 4.74. The topological polar surface area (TPSA) is 0 Å². The Hall–Kier alpha value is 0.272. The quantitative estimate of drug-likeness (QED) is 0.430. The fraction of sp³-hybridized carbons (Fsp3) is 0.778. The molecule has 0 amide bonds. The van der Waals surface area contributed by atoms with Gasteiger partial charge in [0.25, 0.3) is 14.1 Å². The van der Waals surface area contributed by atoms with E-state index in [0.29, 0.717) is 0 Å². The van der Waals surface area contributed by atoms with E-state index in [2.05, 4.69) is 26.0 Å². The zero-order chi connectivity index (χ0) is 7.40. The second-order valence-electron chi connectivity index (χ2n) is 3.25. The lowest BCUT2D eigenvalue weighted by Crippen LogP contribution is -2.14. The van der Waals surface area contributed by atoms with Gasteiger partial charge >= 0.3 is 0 Å². The molecule has 0 spiro atoms. The van der Waals surface area contributed by atoms with E-state index in [4.69, 9.17) is 0 Å². The van der Waals surface area contributed by atoms with Crippen molar-refractivity contribution in [1.82, 2.24) is 0 Å². The van der Waals surface area contributed by atoms with Gasteiger partial charge in [-0.2, -0.15) is 0 Å². The standard InChI is InChI=1S/C5H7.2C2H5.Al/c1-2-4-5-3-1;2*1-2;/h1-3H,4-5H2;2*1H2,2H3;. The Morgan fingerprint density at radius 1 is 1.40 bits per heavy atom. The summed E-state index contributed by atoms with van der Waals surface area (Å²) < 4.78 is 1.05. The highest BCUT2D eigenvalue weighted by molar-refractivity contribution is 6.60. The predicted molar refractivity (Wildman–Crippen MR) is 48.8 cm³/mol. The summed E-state index contributed by atoms with van der Waals surface area (Å²) in [6.07, 6.45) is 7.67. The number of allylic oxidation sites excluding steroid dienone is 2. The molecule has 0 aliphatic heterocycles. The molecule has 56 valence electrons. The Labute approximate surface area is 68.7 Å². The fourth-order valence-corrected chi connectivity index (χ4v) is 4.87. The van der Waals surface area contributed by atoms with Crippen molar-refractivity contribution in [3.8, 4) is 0 Å². The molecule has 1 rings (SSSR count). The molecule has 1 heteroatoms. The molecule has 0 aromatic carbocycles. The summed E-state index contributed by atoms with van der Waals surface area (Å²) >= 11 is -0.331. The molecule has 0 N–H and O–H groups in total. The fourth-order valence-electron chi connectivity index (χ4n) is 1.94. The second kappa shape index (κ2) is 4.21. The third-order valence-electron chi connectivity index (χ3n) is 2.70. The lowest BCUT2D eigenvalue weighted by atomic mass is 10.3. The van der Waals surface area contributed by atoms with Gasteiger partial charge in [0.05, 0.1) is 0 Å². The van der Waals surface area contributed by atoms with Crippen LogP contribution in [0, 0.1) is 0 Å². The summed E-state index contributed by atoms with van der Waals surface area (Å²) in [6, 6.07) is 0. The van der Waals surface area contributed by atoms with Crippen LogP contribution >= 0.6 is 0 Å². The van der Waals surface area contributed by atoms with Crippen LogP contribution in [0.2, 0.25) is 15.3 Å². The minimum atomic E-state index is -0.331. The van der Waals surface area contributed by atoms with Gasteiger partial charge < -0.3 is 0 Å². The summed E-state index contributed by atoms with van der Waals surface area (Å²) in [7, 11) is 0. The molecular formula is C9H17Al. The van der Waals surface area contributed by atoms with Crippen LogP contribution in [0.4, 0.5) is 0 Å². The number of hydrogen-bond donors (Lipinski definition) is 0. The van der Waals surface area contributed by atoms with Crippen molar-refractivity contribution < 1.29 is 0 Å². The SMILES string of the molecule is C[CH2][Al]([CH2]C)[CH]1C=CCC1. The van der Waals surface area contributed by atoms with Gasteiger partial charge in [-0.05, 0) is 6.42 Å². The summed E-state index contributed by atoms with van der Waals surface area (Å²) in [5, 5.41) is 2.98. The zero-order valence-electron chi connectivity index (χ0n) is 7.14. The van der Waals surface area contributed by atoms with Crippen molar-refractivity contribution in [2.24, 2.45) is 0 Å². The Balaban J connectivity index is 2.37. The first-order valence-corrected chi connectivity index (χ1v) is 6.85. The molecule has 0 aromatic heterocycles. The summed E-state index contributed by atoms with van der Waals surface area (Å²) in [5.74, 6) is 0. The third-order valence-corrected chi connectivity index (χ3v) is 6.57. The minimum Gasteiger partial charge on any atom is -0.0985 e. The maximum atomic E-state index is 2.48. The van der Waals surface area contributed by atoms with Crippen LogP contribution in [0.25, 0.3) is 0 Å². The molecule has 1 aliphatic carbocycles. The average molecular weight is 152 g/mol. The van der Waals surface area contributed by atoms with Crippen molar-refractivity contribution in [3.63, 3.8) is 0 Å². The van der Waals surface area contributed by atoms with E-state index in [1.165, 1.54) is 23.4 Å². The van der Waals surface area contributed by atoms with Gasteiger partial charge in [-0.3, -0.25) is 0 Å². The molecular weight excluding hydrogens is 135 g/mol. The predicted octanol–water partition coefficient (Wildman–Crippen LogP) is 3.24. The van der Waals surface area contributed by atoms with Crippen molar-refractivity contribution in [2.45, 2.75) is 42.0 Å². The Kier molecular flexibility index (Phi) is 3.53. The van der Waals surface area contributed by atoms with Gasteiger partial charge in [0.15, 0.2) is 0 Å². The summed E-state index contributed by atoms with van der Waals surface area (Å²) in [5.41, 5.74) is 0. The van der Waals surface area contributed by atoms with Crippen molar-refractivity contribution >= 4 is 14.1 Å². The van der Waals surface area contributed by atoms with Crippen molar-refractivity contribution in [3.05, 3.63) is 12.2 Å². The van der Waals surface area contributed by atoms with E-state index in [0.717, 1.165) is 4.78 Å². The molecule has 0 radical (unpaired) electrons. The lowest BCUT2D eigenvalue weighted by Gasteiger charge is -2.12. The van der Waals surface area contributed by atoms with Gasteiger partial charge in [-0.25, -0.2) is 0 Å². The van der Waals surface area contributed by atoms with E-state index < -0.39 is 0 Å². The number of hydrogen-bond acceptors (Lipinski definition) is 0. The maximum absolute atomic E-state index is 2.48. The van der Waals surface area contributed by atoms with E-state index in [1.54, 1.807) is 0 Å². The largest absolute Gasteiger partial charge is 0.270 e. The van der Waals surface area contributed by atoms with Crippen LogP contribution in [0.15, 0.2) is 12.2 Å². The normalized spacial score (nSPS) is 23.6. The maximum Gasteiger partial charge on any atom is 0.270 e. The highest BCUT2D eigenvalue weighted by Crippen LogP contribution is 2.29. The highest BCUT2D eigenvalue weighted by atomic mass is 27.2. The van der Waals surface area contributed by atoms with Crippen LogP contribution in [0.5, 0.6) is 0 Å². The van der Waals surface area contributed by atoms with Crippen LogP contribution in [0.3, 0.4) is 0 Å². The van der Waals surface area contributed by atoms with Crippen LogP contribution < -0.4 is 0 Å². The molecule has 1 aliphatic rings. The Bertz CT molecular complexity index is 114. The van der Waals surface area contributed by atoms with E-state index in [-0.39, 0.29) is 14.1 Å². The second-order valence-corrected chi connectivity index (χ2v) is 7.26. The smallest absolute Gasteiger partial charge is 0.0985 e. The molecule has 0 fully saturated rings. The Morgan fingerprint density at radius 3 is 2.50 bits per heavy atom. The first-order chi connectivity index (χ1) is 4.88. The van der Waals surface area contributed by atoms with Gasteiger partial charge in [0.1, 0.15) is 0 Å². The van der Waals surface area contributed by atoms with Crippen molar-refractivity contribution in [2.75, 3.05) is 0 Å². The molecule has 0 bridgehead atoms. The van der Waals surface area contributed by atoms with Crippen molar-refractivity contribution in [1.29, 1.82) is 0 Å². The lowest BCUT2D eigenvalue weighted by molar-refractivity contribution is 0.894. The zero-order valence-corrected chi connectivity index (χ0v) is 8.29. The molecule has 0 heterocycles. The monoisotopic (exact) mass is 152 g/mol. The molecule has 0 aromatic rings. The molecule has 0 nitrogen and oxygen atoms in total. The van der Waals surface area contributed by atoms with Crippen LogP contribution in [0.1, 0.15) is 26.7 Å². The van der Waals surface area contributed by atoms with Gasteiger partial charge in [-0.15, -0.1) is 0 Å².